The van der Waals surface area contributed by atoms with E-state index >= 15 is 0 Å². The maximum atomic E-state index is 5.90. The summed E-state index contributed by atoms with van der Waals surface area (Å²) in [4.78, 5) is 6.59. The number of aromatic nitrogens is 1. The molecule has 1 saturated carbocycles. The number of hydrogen-bond donors (Lipinski definition) is 0. The summed E-state index contributed by atoms with van der Waals surface area (Å²) in [5, 5.41) is 0.608. The molecule has 0 bridgehead atoms. The molecule has 86 valence electrons. The number of fused-ring (bicyclic) bond motifs is 1. The van der Waals surface area contributed by atoms with Crippen molar-refractivity contribution in [1.82, 2.24) is 9.88 Å². The Balaban J connectivity index is 1.64. The van der Waals surface area contributed by atoms with E-state index in [-0.39, 0.29) is 0 Å². The highest BCUT2D eigenvalue weighted by atomic mass is 35.5. The summed E-state index contributed by atoms with van der Waals surface area (Å²) in [7, 11) is 0. The third-order valence-electron chi connectivity index (χ3n) is 4.00. The molecule has 2 fully saturated rings. The van der Waals surface area contributed by atoms with Crippen LogP contribution in [0.5, 0.6) is 0 Å². The van der Waals surface area contributed by atoms with Crippen LogP contribution in [-0.4, -0.2) is 23.0 Å². The van der Waals surface area contributed by atoms with Crippen LogP contribution in [-0.2, 0) is 6.54 Å². The van der Waals surface area contributed by atoms with Crippen LogP contribution >= 0.6 is 11.6 Å². The van der Waals surface area contributed by atoms with Crippen LogP contribution in [0.2, 0.25) is 5.15 Å². The van der Waals surface area contributed by atoms with Crippen molar-refractivity contribution in [2.24, 2.45) is 11.8 Å². The average molecular weight is 237 g/mol. The summed E-state index contributed by atoms with van der Waals surface area (Å²) < 4.78 is 0. The lowest BCUT2D eigenvalue weighted by molar-refractivity contribution is 0.303. The summed E-state index contributed by atoms with van der Waals surface area (Å²) in [5.41, 5.74) is 1.29. The van der Waals surface area contributed by atoms with E-state index in [1.807, 2.05) is 6.07 Å². The lowest BCUT2D eigenvalue weighted by Crippen LogP contribution is -2.21. The van der Waals surface area contributed by atoms with Crippen LogP contribution in [0.1, 0.15) is 24.8 Å². The Morgan fingerprint density at radius 3 is 2.75 bits per heavy atom. The van der Waals surface area contributed by atoms with Gasteiger partial charge in [0.1, 0.15) is 5.15 Å². The molecule has 1 saturated heterocycles. The summed E-state index contributed by atoms with van der Waals surface area (Å²) >= 11 is 5.90. The van der Waals surface area contributed by atoms with Crippen molar-refractivity contribution in [3.05, 3.63) is 29.0 Å². The molecule has 2 unspecified atom stereocenters. The Labute approximate surface area is 102 Å². The standard InChI is InChI=1S/C13H17ClN2/c14-13-6-10(4-5-15-13)7-16-8-11-2-1-3-12(11)9-16/h4-6,11-12H,1-3,7-9H2. The van der Waals surface area contributed by atoms with Crippen molar-refractivity contribution in [3.63, 3.8) is 0 Å². The maximum Gasteiger partial charge on any atom is 0.129 e. The van der Waals surface area contributed by atoms with Gasteiger partial charge in [-0.1, -0.05) is 18.0 Å². The molecule has 0 amide bonds. The van der Waals surface area contributed by atoms with Gasteiger partial charge in [0.05, 0.1) is 0 Å². The quantitative estimate of drug-likeness (QED) is 0.734. The summed E-state index contributed by atoms with van der Waals surface area (Å²) in [6.45, 7) is 3.60. The lowest BCUT2D eigenvalue weighted by Gasteiger charge is -2.16. The van der Waals surface area contributed by atoms with Crippen LogP contribution in [0.4, 0.5) is 0 Å². The second-order valence-electron chi connectivity index (χ2n) is 5.13. The highest BCUT2D eigenvalue weighted by Crippen LogP contribution is 2.38. The van der Waals surface area contributed by atoms with E-state index in [0.29, 0.717) is 5.15 Å². The van der Waals surface area contributed by atoms with Gasteiger partial charge in [0.2, 0.25) is 0 Å². The van der Waals surface area contributed by atoms with Crippen molar-refractivity contribution >= 4 is 11.6 Å². The van der Waals surface area contributed by atoms with Gasteiger partial charge >= 0.3 is 0 Å². The molecule has 3 rings (SSSR count). The number of nitrogens with zero attached hydrogens (tertiary/aromatic N) is 2. The van der Waals surface area contributed by atoms with E-state index in [9.17, 15) is 0 Å². The first-order valence-corrected chi connectivity index (χ1v) is 6.52. The minimum Gasteiger partial charge on any atom is -0.299 e. The number of rotatable bonds is 2. The Kier molecular flexibility index (Phi) is 2.86. The largest absolute Gasteiger partial charge is 0.299 e. The van der Waals surface area contributed by atoms with Gasteiger partial charge in [-0.05, 0) is 42.4 Å². The third kappa shape index (κ3) is 2.09. The SMILES string of the molecule is Clc1cc(CN2CC3CCCC3C2)ccn1. The van der Waals surface area contributed by atoms with Gasteiger partial charge < -0.3 is 0 Å². The van der Waals surface area contributed by atoms with Gasteiger partial charge in [-0.15, -0.1) is 0 Å². The van der Waals surface area contributed by atoms with Gasteiger partial charge in [-0.2, -0.15) is 0 Å². The predicted octanol–water partition coefficient (Wildman–Crippen LogP) is 2.97. The zero-order chi connectivity index (χ0) is 11.0. The molecule has 0 aromatic carbocycles. The zero-order valence-corrected chi connectivity index (χ0v) is 10.2. The van der Waals surface area contributed by atoms with Gasteiger partial charge in [0.15, 0.2) is 0 Å². The van der Waals surface area contributed by atoms with Gasteiger partial charge in [0, 0.05) is 25.8 Å². The molecule has 3 heteroatoms. The first kappa shape index (κ1) is 10.5. The number of halogens is 1. The smallest absolute Gasteiger partial charge is 0.129 e. The minimum atomic E-state index is 0.608. The van der Waals surface area contributed by atoms with E-state index in [0.717, 1.165) is 18.4 Å². The third-order valence-corrected chi connectivity index (χ3v) is 4.21. The van der Waals surface area contributed by atoms with E-state index in [2.05, 4.69) is 16.0 Å². The second-order valence-corrected chi connectivity index (χ2v) is 5.52. The van der Waals surface area contributed by atoms with Gasteiger partial charge in [-0.3, -0.25) is 4.90 Å². The summed E-state index contributed by atoms with van der Waals surface area (Å²) in [6, 6.07) is 4.05. The summed E-state index contributed by atoms with van der Waals surface area (Å²) in [5.74, 6) is 1.94. The second kappa shape index (κ2) is 4.34. The van der Waals surface area contributed by atoms with E-state index in [1.165, 1.54) is 37.9 Å². The highest BCUT2D eigenvalue weighted by Gasteiger charge is 2.35. The molecule has 2 heterocycles. The van der Waals surface area contributed by atoms with Crippen LogP contribution in [0, 0.1) is 11.8 Å². The van der Waals surface area contributed by atoms with Gasteiger partial charge in [0.25, 0.3) is 0 Å². The molecule has 1 aliphatic heterocycles. The van der Waals surface area contributed by atoms with E-state index in [1.54, 1.807) is 6.20 Å². The normalized spacial score (nSPS) is 29.6. The Bertz CT molecular complexity index is 368. The molecule has 1 aliphatic carbocycles. The van der Waals surface area contributed by atoms with Crippen molar-refractivity contribution in [3.8, 4) is 0 Å². The van der Waals surface area contributed by atoms with Crippen molar-refractivity contribution in [2.75, 3.05) is 13.1 Å². The average Bonchev–Trinajstić information content (AvgIpc) is 2.77. The van der Waals surface area contributed by atoms with Crippen LogP contribution in [0.3, 0.4) is 0 Å². The van der Waals surface area contributed by atoms with Crippen molar-refractivity contribution in [1.29, 1.82) is 0 Å². The number of likely N-dealkylation sites (tertiary alicyclic amines) is 1. The molecule has 0 spiro atoms. The first-order chi connectivity index (χ1) is 7.81. The maximum absolute atomic E-state index is 5.90. The van der Waals surface area contributed by atoms with Gasteiger partial charge in [-0.25, -0.2) is 4.98 Å². The molecular weight excluding hydrogens is 220 g/mol. The highest BCUT2D eigenvalue weighted by molar-refractivity contribution is 6.29. The molecular formula is C13H17ClN2. The number of hydrogen-bond acceptors (Lipinski definition) is 2. The molecule has 2 aliphatic rings. The molecule has 1 aromatic rings. The topological polar surface area (TPSA) is 16.1 Å². The van der Waals surface area contributed by atoms with Crippen LogP contribution < -0.4 is 0 Å². The Hall–Kier alpha value is -0.600. The predicted molar refractivity (Wildman–Crippen MR) is 65.4 cm³/mol. The number of pyridine rings is 1. The molecule has 16 heavy (non-hydrogen) atoms. The molecule has 2 nitrogen and oxygen atoms in total. The molecule has 1 aromatic heterocycles. The van der Waals surface area contributed by atoms with Crippen LogP contribution in [0.15, 0.2) is 18.3 Å². The zero-order valence-electron chi connectivity index (χ0n) is 9.40. The fraction of sp³-hybridized carbons (Fsp3) is 0.615. The van der Waals surface area contributed by atoms with Crippen LogP contribution in [0.25, 0.3) is 0 Å². The molecule has 2 atom stereocenters. The van der Waals surface area contributed by atoms with E-state index < -0.39 is 0 Å². The van der Waals surface area contributed by atoms with Crippen molar-refractivity contribution < 1.29 is 0 Å². The minimum absolute atomic E-state index is 0.608. The molecule has 0 radical (unpaired) electrons. The monoisotopic (exact) mass is 236 g/mol. The van der Waals surface area contributed by atoms with E-state index in [4.69, 9.17) is 11.6 Å². The van der Waals surface area contributed by atoms with Crippen molar-refractivity contribution in [2.45, 2.75) is 25.8 Å². The lowest BCUT2D eigenvalue weighted by atomic mass is 10.0. The fourth-order valence-corrected chi connectivity index (χ4v) is 3.46. The fourth-order valence-electron chi connectivity index (χ4n) is 3.26. The molecule has 0 N–H and O–H groups in total. The Morgan fingerprint density at radius 2 is 2.06 bits per heavy atom. The Morgan fingerprint density at radius 1 is 1.31 bits per heavy atom. The first-order valence-electron chi connectivity index (χ1n) is 6.14. The summed E-state index contributed by atoms with van der Waals surface area (Å²) in [6.07, 6.45) is 6.13.